The van der Waals surface area contributed by atoms with Gasteiger partial charge in [-0.15, -0.1) is 0 Å². The van der Waals surface area contributed by atoms with Crippen molar-refractivity contribution in [3.63, 3.8) is 0 Å². The van der Waals surface area contributed by atoms with E-state index in [1.165, 1.54) is 0 Å². The Bertz CT molecular complexity index is 1050. The molecule has 0 saturated heterocycles. The van der Waals surface area contributed by atoms with E-state index in [0.717, 1.165) is 28.3 Å². The maximum atomic E-state index is 13.2. The first kappa shape index (κ1) is 21.4. The number of methoxy groups -OCH3 is 1. The molecule has 4 rings (SSSR count). The third-order valence-electron chi connectivity index (χ3n) is 5.89. The Morgan fingerprint density at radius 2 is 1.94 bits per heavy atom. The lowest BCUT2D eigenvalue weighted by molar-refractivity contribution is -0.141. The first-order valence-electron chi connectivity index (χ1n) is 10.3. The summed E-state index contributed by atoms with van der Waals surface area (Å²) in [6.07, 6.45) is 2.60. The van der Waals surface area contributed by atoms with E-state index in [4.69, 9.17) is 9.47 Å². The summed E-state index contributed by atoms with van der Waals surface area (Å²) in [6, 6.07) is 9.41. The van der Waals surface area contributed by atoms with E-state index in [-0.39, 0.29) is 23.7 Å². The molecule has 0 fully saturated rings. The van der Waals surface area contributed by atoms with Gasteiger partial charge in [-0.1, -0.05) is 32.1 Å². The van der Waals surface area contributed by atoms with E-state index in [2.05, 4.69) is 25.2 Å². The highest BCUT2D eigenvalue weighted by Crippen LogP contribution is 2.47. The average Bonchev–Trinajstić information content (AvgIpc) is 3.25. The smallest absolute Gasteiger partial charge is 0.336 e. The number of thiophene rings is 1. The Morgan fingerprint density at radius 1 is 1.19 bits per heavy atom. The Hall–Kier alpha value is -2.86. The second-order valence-corrected chi connectivity index (χ2v) is 9.61. The number of hydrogen-bond donors (Lipinski definition) is 1. The van der Waals surface area contributed by atoms with E-state index in [1.54, 1.807) is 18.4 Å². The molecule has 5 nitrogen and oxygen atoms in total. The number of hydrogen-bond acceptors (Lipinski definition) is 6. The third kappa shape index (κ3) is 4.30. The maximum absolute atomic E-state index is 13.2. The Balaban J connectivity index is 1.65. The minimum absolute atomic E-state index is 0.152. The van der Waals surface area contributed by atoms with Crippen LogP contribution in [0.2, 0.25) is 0 Å². The van der Waals surface area contributed by atoms with Crippen molar-refractivity contribution in [2.75, 3.05) is 7.11 Å². The quantitative estimate of drug-likeness (QED) is 0.670. The van der Waals surface area contributed by atoms with Gasteiger partial charge in [0.25, 0.3) is 0 Å². The molecule has 1 aliphatic heterocycles. The molecule has 1 N–H and O–H groups in total. The van der Waals surface area contributed by atoms with Crippen LogP contribution < -0.4 is 10.1 Å². The third-order valence-corrected chi connectivity index (χ3v) is 6.59. The number of ether oxygens (including phenoxy) is 2. The molecular formula is C25H27NO4S. The molecule has 2 heterocycles. The summed E-state index contributed by atoms with van der Waals surface area (Å²) >= 11 is 1.56. The van der Waals surface area contributed by atoms with Crippen molar-refractivity contribution in [1.29, 1.82) is 0 Å². The van der Waals surface area contributed by atoms with Crippen LogP contribution in [0.1, 0.15) is 44.2 Å². The zero-order chi connectivity index (χ0) is 22.2. The minimum Gasteiger partial charge on any atom is -0.497 e. The number of allylic oxidation sites excluding steroid dienone is 3. The van der Waals surface area contributed by atoms with Crippen LogP contribution in [0.5, 0.6) is 5.75 Å². The van der Waals surface area contributed by atoms with Crippen molar-refractivity contribution in [2.45, 2.75) is 39.7 Å². The fourth-order valence-electron chi connectivity index (χ4n) is 4.50. The van der Waals surface area contributed by atoms with E-state index in [1.807, 2.05) is 48.0 Å². The highest BCUT2D eigenvalue weighted by Gasteiger charge is 2.46. The van der Waals surface area contributed by atoms with Crippen molar-refractivity contribution in [3.8, 4) is 5.75 Å². The number of carbonyl (C=O) groups excluding carboxylic acids is 2. The number of nitrogens with one attached hydrogen (secondary N) is 1. The summed E-state index contributed by atoms with van der Waals surface area (Å²) in [4.78, 5) is 26.4. The van der Waals surface area contributed by atoms with Crippen molar-refractivity contribution in [1.82, 2.24) is 5.32 Å². The second-order valence-electron chi connectivity index (χ2n) is 8.83. The number of carbonyl (C=O) groups is 2. The number of fused-ring (bicyclic) bond motifs is 1. The van der Waals surface area contributed by atoms with Gasteiger partial charge in [-0.05, 0) is 52.4 Å². The molecule has 1 aromatic carbocycles. The molecule has 0 radical (unpaired) electrons. The van der Waals surface area contributed by atoms with E-state index in [9.17, 15) is 9.59 Å². The van der Waals surface area contributed by atoms with Crippen LogP contribution in [0.15, 0.2) is 64.1 Å². The largest absolute Gasteiger partial charge is 0.497 e. The van der Waals surface area contributed by atoms with Crippen molar-refractivity contribution in [2.24, 2.45) is 11.3 Å². The Kier molecular flexibility index (Phi) is 5.75. The summed E-state index contributed by atoms with van der Waals surface area (Å²) in [7, 11) is 1.61. The summed E-state index contributed by atoms with van der Waals surface area (Å²) in [5.41, 5.74) is 3.81. The number of ketones is 1. The Morgan fingerprint density at radius 3 is 2.58 bits per heavy atom. The Labute approximate surface area is 186 Å². The molecule has 0 spiro atoms. The topological polar surface area (TPSA) is 64.6 Å². The molecule has 0 amide bonds. The molecule has 0 saturated carbocycles. The predicted molar refractivity (Wildman–Crippen MR) is 121 cm³/mol. The normalized spacial score (nSPS) is 22.3. The zero-order valence-electron chi connectivity index (χ0n) is 18.2. The molecule has 2 aliphatic rings. The monoisotopic (exact) mass is 437 g/mol. The number of esters is 1. The molecule has 2 aromatic rings. The van der Waals surface area contributed by atoms with Crippen molar-refractivity contribution >= 4 is 23.1 Å². The average molecular weight is 438 g/mol. The predicted octanol–water partition coefficient (Wildman–Crippen LogP) is 4.96. The fourth-order valence-corrected chi connectivity index (χ4v) is 5.19. The lowest BCUT2D eigenvalue weighted by atomic mass is 9.67. The van der Waals surface area contributed by atoms with Gasteiger partial charge in [-0.25, -0.2) is 4.79 Å². The highest BCUT2D eigenvalue weighted by atomic mass is 32.1. The van der Waals surface area contributed by atoms with Crippen molar-refractivity contribution in [3.05, 3.63) is 75.3 Å². The van der Waals surface area contributed by atoms with Crippen LogP contribution >= 0.6 is 11.3 Å². The second kappa shape index (κ2) is 8.35. The van der Waals surface area contributed by atoms with E-state index < -0.39 is 11.9 Å². The molecular weight excluding hydrogens is 410 g/mol. The van der Waals surface area contributed by atoms with Gasteiger partial charge in [-0.3, -0.25) is 4.79 Å². The van der Waals surface area contributed by atoms with Gasteiger partial charge >= 0.3 is 5.97 Å². The SMILES string of the molecule is COc1ccc(COC(=O)C2=C(C)NC3=CC(C)(C)CC(=O)C3C2c2ccsc2)cc1. The number of Topliss-reactive ketones (excluding diaryl/α,β-unsaturated/α-hetero) is 1. The molecule has 162 valence electrons. The summed E-state index contributed by atoms with van der Waals surface area (Å²) in [6.45, 7) is 6.16. The van der Waals surface area contributed by atoms with Gasteiger partial charge in [0.1, 0.15) is 18.1 Å². The van der Waals surface area contributed by atoms with Gasteiger partial charge in [-0.2, -0.15) is 11.3 Å². The lowest BCUT2D eigenvalue weighted by Gasteiger charge is -2.41. The van der Waals surface area contributed by atoms with Crippen LogP contribution in [0.25, 0.3) is 0 Å². The fraction of sp³-hybridized carbons (Fsp3) is 0.360. The van der Waals surface area contributed by atoms with Gasteiger partial charge in [0, 0.05) is 23.7 Å². The van der Waals surface area contributed by atoms with E-state index >= 15 is 0 Å². The van der Waals surface area contributed by atoms with Crippen LogP contribution in [0.3, 0.4) is 0 Å². The van der Waals surface area contributed by atoms with Gasteiger partial charge in [0.2, 0.25) is 0 Å². The molecule has 1 aliphatic carbocycles. The molecule has 2 unspecified atom stereocenters. The molecule has 2 atom stereocenters. The molecule has 0 bridgehead atoms. The number of rotatable bonds is 5. The van der Waals surface area contributed by atoms with Crippen LogP contribution in [0.4, 0.5) is 0 Å². The van der Waals surface area contributed by atoms with Crippen molar-refractivity contribution < 1.29 is 19.1 Å². The molecule has 31 heavy (non-hydrogen) atoms. The van der Waals surface area contributed by atoms with Gasteiger partial charge in [0.05, 0.1) is 18.6 Å². The standard InChI is InChI=1S/C25H27NO4S/c1-15-21(24(28)30-13-16-5-7-18(29-4)8-6-16)22(17-9-10-31-14-17)23-19(26-15)11-25(2,3)12-20(23)27/h5-11,14,22-23,26H,12-13H2,1-4H3. The lowest BCUT2D eigenvalue weighted by Crippen LogP contribution is -2.43. The number of benzene rings is 1. The summed E-state index contributed by atoms with van der Waals surface area (Å²) in [5, 5.41) is 7.34. The molecule has 1 aromatic heterocycles. The van der Waals surface area contributed by atoms with Crippen LogP contribution in [-0.2, 0) is 20.9 Å². The van der Waals surface area contributed by atoms with Crippen LogP contribution in [-0.4, -0.2) is 18.9 Å². The van der Waals surface area contributed by atoms with Gasteiger partial charge < -0.3 is 14.8 Å². The minimum atomic E-state index is -0.395. The first-order valence-corrected chi connectivity index (χ1v) is 11.3. The zero-order valence-corrected chi connectivity index (χ0v) is 19.0. The highest BCUT2D eigenvalue weighted by molar-refractivity contribution is 7.08. The van der Waals surface area contributed by atoms with Gasteiger partial charge in [0.15, 0.2) is 0 Å². The molecule has 6 heteroatoms. The summed E-state index contributed by atoms with van der Waals surface area (Å²) < 4.78 is 10.9. The first-order chi connectivity index (χ1) is 14.8. The van der Waals surface area contributed by atoms with Crippen LogP contribution in [0, 0.1) is 11.3 Å². The van der Waals surface area contributed by atoms with E-state index in [0.29, 0.717) is 12.0 Å². The maximum Gasteiger partial charge on any atom is 0.336 e. The summed E-state index contributed by atoms with van der Waals surface area (Å²) in [5.74, 6) is -0.228.